The number of carbonyl (C=O) groups excluding carboxylic acids is 1. The van der Waals surface area contributed by atoms with E-state index in [0.717, 1.165) is 31.2 Å². The van der Waals surface area contributed by atoms with Crippen molar-refractivity contribution in [3.63, 3.8) is 0 Å². The highest BCUT2D eigenvalue weighted by Gasteiger charge is 2.25. The highest BCUT2D eigenvalue weighted by molar-refractivity contribution is 6.35. The van der Waals surface area contributed by atoms with Crippen molar-refractivity contribution in [2.24, 2.45) is 11.7 Å². The normalized spacial score (nSPS) is 23.9. The Labute approximate surface area is 117 Å². The van der Waals surface area contributed by atoms with Crippen molar-refractivity contribution < 1.29 is 4.79 Å². The van der Waals surface area contributed by atoms with Crippen LogP contribution in [-0.2, 0) is 11.2 Å². The molecule has 0 heterocycles. The summed E-state index contributed by atoms with van der Waals surface area (Å²) in [5, 5.41) is 1.16. The van der Waals surface area contributed by atoms with Gasteiger partial charge < -0.3 is 5.73 Å². The lowest BCUT2D eigenvalue weighted by atomic mass is 9.82. The van der Waals surface area contributed by atoms with E-state index in [2.05, 4.69) is 0 Å². The van der Waals surface area contributed by atoms with E-state index in [4.69, 9.17) is 28.9 Å². The number of hydrogen-bond acceptors (Lipinski definition) is 2. The molecule has 1 aliphatic carbocycles. The molecule has 1 aromatic rings. The number of nitrogens with two attached hydrogens (primary N) is 1. The van der Waals surface area contributed by atoms with E-state index in [1.165, 1.54) is 0 Å². The Morgan fingerprint density at radius 2 is 2.11 bits per heavy atom. The van der Waals surface area contributed by atoms with Gasteiger partial charge in [0.1, 0.15) is 5.78 Å². The summed E-state index contributed by atoms with van der Waals surface area (Å²) in [4.78, 5) is 12.2. The molecule has 98 valence electrons. The Morgan fingerprint density at radius 3 is 2.78 bits per heavy atom. The maximum Gasteiger partial charge on any atom is 0.140 e. The standard InChI is InChI=1S/C14H17Cl2NO/c15-11-5-4-9(13(16)8-11)7-14(18)10-2-1-3-12(17)6-10/h4-5,8,10,12H,1-3,6-7,17H2. The highest BCUT2D eigenvalue weighted by atomic mass is 35.5. The van der Waals surface area contributed by atoms with Crippen LogP contribution in [0.15, 0.2) is 18.2 Å². The van der Waals surface area contributed by atoms with Crippen molar-refractivity contribution in [3.8, 4) is 0 Å². The van der Waals surface area contributed by atoms with Gasteiger partial charge in [-0.3, -0.25) is 4.79 Å². The van der Waals surface area contributed by atoms with E-state index in [-0.39, 0.29) is 17.7 Å². The first-order valence-electron chi connectivity index (χ1n) is 6.28. The van der Waals surface area contributed by atoms with Gasteiger partial charge in [-0.15, -0.1) is 0 Å². The third-order valence-electron chi connectivity index (χ3n) is 3.55. The molecule has 2 rings (SSSR count). The second kappa shape index (κ2) is 6.05. The fourth-order valence-corrected chi connectivity index (χ4v) is 2.99. The predicted octanol–water partition coefficient (Wildman–Crippen LogP) is 3.62. The molecule has 2 atom stereocenters. The first-order valence-corrected chi connectivity index (χ1v) is 7.04. The summed E-state index contributed by atoms with van der Waals surface area (Å²) in [6.45, 7) is 0. The first-order chi connectivity index (χ1) is 8.56. The molecular weight excluding hydrogens is 269 g/mol. The third kappa shape index (κ3) is 3.47. The minimum atomic E-state index is 0.0977. The zero-order valence-electron chi connectivity index (χ0n) is 10.2. The first kappa shape index (κ1) is 13.9. The number of carbonyl (C=O) groups is 1. The van der Waals surface area contributed by atoms with Gasteiger partial charge in [0.25, 0.3) is 0 Å². The van der Waals surface area contributed by atoms with Gasteiger partial charge in [-0.25, -0.2) is 0 Å². The minimum absolute atomic E-state index is 0.0977. The van der Waals surface area contributed by atoms with Gasteiger partial charge >= 0.3 is 0 Å². The fraction of sp³-hybridized carbons (Fsp3) is 0.500. The van der Waals surface area contributed by atoms with E-state index < -0.39 is 0 Å². The molecule has 0 aliphatic heterocycles. The molecular formula is C14H17Cl2NO. The van der Waals surface area contributed by atoms with Gasteiger partial charge in [-0.2, -0.15) is 0 Å². The molecule has 0 radical (unpaired) electrons. The summed E-state index contributed by atoms with van der Waals surface area (Å²) in [6.07, 6.45) is 4.23. The van der Waals surface area contributed by atoms with Crippen LogP contribution in [0.2, 0.25) is 10.0 Å². The van der Waals surface area contributed by atoms with Gasteiger partial charge in [0.05, 0.1) is 0 Å². The van der Waals surface area contributed by atoms with Gasteiger partial charge in [-0.05, 0) is 37.0 Å². The summed E-state index contributed by atoms with van der Waals surface area (Å²) in [5.41, 5.74) is 6.76. The molecule has 18 heavy (non-hydrogen) atoms. The van der Waals surface area contributed by atoms with Crippen LogP contribution in [0.5, 0.6) is 0 Å². The molecule has 0 aromatic heterocycles. The zero-order chi connectivity index (χ0) is 13.1. The van der Waals surface area contributed by atoms with Crippen LogP contribution in [-0.4, -0.2) is 11.8 Å². The summed E-state index contributed by atoms with van der Waals surface area (Å²) < 4.78 is 0. The average Bonchev–Trinajstić information content (AvgIpc) is 2.32. The quantitative estimate of drug-likeness (QED) is 0.922. The Balaban J connectivity index is 2.02. The van der Waals surface area contributed by atoms with Crippen molar-refractivity contribution in [2.45, 2.75) is 38.1 Å². The van der Waals surface area contributed by atoms with Gasteiger partial charge in [-0.1, -0.05) is 35.7 Å². The van der Waals surface area contributed by atoms with Crippen molar-refractivity contribution >= 4 is 29.0 Å². The van der Waals surface area contributed by atoms with E-state index in [0.29, 0.717) is 16.5 Å². The minimum Gasteiger partial charge on any atom is -0.328 e. The molecule has 1 fully saturated rings. The average molecular weight is 286 g/mol. The lowest BCUT2D eigenvalue weighted by molar-refractivity contribution is -0.123. The largest absolute Gasteiger partial charge is 0.328 e. The van der Waals surface area contributed by atoms with Crippen LogP contribution in [0.4, 0.5) is 0 Å². The second-order valence-corrected chi connectivity index (χ2v) is 5.85. The Hall–Kier alpha value is -0.570. The number of hydrogen-bond donors (Lipinski definition) is 1. The van der Waals surface area contributed by atoms with Gasteiger partial charge in [0, 0.05) is 28.4 Å². The number of rotatable bonds is 3. The van der Waals surface area contributed by atoms with Crippen molar-refractivity contribution in [2.75, 3.05) is 0 Å². The molecule has 2 unspecified atom stereocenters. The molecule has 2 nitrogen and oxygen atoms in total. The van der Waals surface area contributed by atoms with Crippen LogP contribution in [0, 0.1) is 5.92 Å². The van der Waals surface area contributed by atoms with E-state index >= 15 is 0 Å². The third-order valence-corrected chi connectivity index (χ3v) is 4.14. The zero-order valence-corrected chi connectivity index (χ0v) is 11.7. The molecule has 0 saturated heterocycles. The van der Waals surface area contributed by atoms with Crippen molar-refractivity contribution in [1.29, 1.82) is 0 Å². The maximum atomic E-state index is 12.2. The second-order valence-electron chi connectivity index (χ2n) is 5.00. The highest BCUT2D eigenvalue weighted by Crippen LogP contribution is 2.27. The molecule has 0 bridgehead atoms. The maximum absolute atomic E-state index is 12.2. The summed E-state index contributed by atoms with van der Waals surface area (Å²) in [6, 6.07) is 5.44. The van der Waals surface area contributed by atoms with Gasteiger partial charge in [0.15, 0.2) is 0 Å². The summed E-state index contributed by atoms with van der Waals surface area (Å²) >= 11 is 11.9. The molecule has 1 saturated carbocycles. The number of ketones is 1. The molecule has 2 N–H and O–H groups in total. The van der Waals surface area contributed by atoms with Crippen LogP contribution >= 0.6 is 23.2 Å². The van der Waals surface area contributed by atoms with Crippen LogP contribution < -0.4 is 5.73 Å². The molecule has 0 amide bonds. The molecule has 4 heteroatoms. The topological polar surface area (TPSA) is 43.1 Å². The Bertz CT molecular complexity index is 447. The fourth-order valence-electron chi connectivity index (χ4n) is 2.52. The summed E-state index contributed by atoms with van der Waals surface area (Å²) in [5.74, 6) is 0.342. The van der Waals surface area contributed by atoms with Crippen LogP contribution in [0.1, 0.15) is 31.2 Å². The smallest absolute Gasteiger partial charge is 0.140 e. The summed E-state index contributed by atoms with van der Waals surface area (Å²) in [7, 11) is 0. The SMILES string of the molecule is NC1CCCC(C(=O)Cc2ccc(Cl)cc2Cl)C1. The van der Waals surface area contributed by atoms with Crippen molar-refractivity contribution in [1.82, 2.24) is 0 Å². The Kier molecular flexibility index (Phi) is 4.66. The molecule has 1 aromatic carbocycles. The molecule has 1 aliphatic rings. The lowest BCUT2D eigenvalue weighted by Crippen LogP contribution is -2.32. The van der Waals surface area contributed by atoms with E-state index in [1.54, 1.807) is 12.1 Å². The van der Waals surface area contributed by atoms with E-state index in [1.807, 2.05) is 6.07 Å². The number of halogens is 2. The van der Waals surface area contributed by atoms with Gasteiger partial charge in [0.2, 0.25) is 0 Å². The predicted molar refractivity (Wildman–Crippen MR) is 75.1 cm³/mol. The molecule has 0 spiro atoms. The number of benzene rings is 1. The number of Topliss-reactive ketones (excluding diaryl/α,β-unsaturated/α-hetero) is 1. The monoisotopic (exact) mass is 285 g/mol. The Morgan fingerprint density at radius 1 is 1.33 bits per heavy atom. The van der Waals surface area contributed by atoms with Crippen LogP contribution in [0.3, 0.4) is 0 Å². The lowest BCUT2D eigenvalue weighted by Gasteiger charge is -2.25. The van der Waals surface area contributed by atoms with E-state index in [9.17, 15) is 4.79 Å². The van der Waals surface area contributed by atoms with Crippen LogP contribution in [0.25, 0.3) is 0 Å². The van der Waals surface area contributed by atoms with Crippen molar-refractivity contribution in [3.05, 3.63) is 33.8 Å².